The van der Waals surface area contributed by atoms with Crippen molar-refractivity contribution in [3.8, 4) is 0 Å². The van der Waals surface area contributed by atoms with Crippen LogP contribution in [0.5, 0.6) is 0 Å². The lowest BCUT2D eigenvalue weighted by molar-refractivity contribution is 0.613. The summed E-state index contributed by atoms with van der Waals surface area (Å²) in [6.07, 6.45) is 2.28. The predicted molar refractivity (Wildman–Crippen MR) is 79.5 cm³/mol. The van der Waals surface area contributed by atoms with Gasteiger partial charge in [0.2, 0.25) is 0 Å². The number of alkyl halides is 1. The molecule has 1 aliphatic rings. The van der Waals surface area contributed by atoms with Crippen molar-refractivity contribution in [3.63, 3.8) is 0 Å². The van der Waals surface area contributed by atoms with Gasteiger partial charge < -0.3 is 4.90 Å². The summed E-state index contributed by atoms with van der Waals surface area (Å²) in [4.78, 5) is 2.18. The highest BCUT2D eigenvalue weighted by molar-refractivity contribution is 7.07. The molecule has 1 aromatic heterocycles. The highest BCUT2D eigenvalue weighted by Crippen LogP contribution is 2.37. The minimum atomic E-state index is -0.166. The van der Waals surface area contributed by atoms with Crippen LogP contribution in [0.2, 0.25) is 0 Å². The summed E-state index contributed by atoms with van der Waals surface area (Å²) in [6, 6.07) is 7.72. The average molecular weight is 296 g/mol. The van der Waals surface area contributed by atoms with Crippen LogP contribution in [0, 0.1) is 5.82 Å². The van der Waals surface area contributed by atoms with Crippen LogP contribution in [0.4, 0.5) is 10.1 Å². The first kappa shape index (κ1) is 12.9. The van der Waals surface area contributed by atoms with E-state index in [0.29, 0.717) is 17.6 Å². The van der Waals surface area contributed by atoms with Crippen molar-refractivity contribution in [2.75, 3.05) is 4.90 Å². The third-order valence-corrected chi connectivity index (χ3v) is 4.44. The van der Waals surface area contributed by atoms with Crippen molar-refractivity contribution in [3.05, 3.63) is 52.0 Å². The van der Waals surface area contributed by atoms with E-state index in [0.717, 1.165) is 24.9 Å². The molecule has 0 bridgehead atoms. The van der Waals surface area contributed by atoms with Crippen molar-refractivity contribution in [1.29, 1.82) is 0 Å². The summed E-state index contributed by atoms with van der Waals surface area (Å²) in [5.74, 6) is 0.181. The maximum absolute atomic E-state index is 14.2. The normalized spacial score (nSPS) is 14.6. The van der Waals surface area contributed by atoms with Gasteiger partial charge in [0, 0.05) is 18.5 Å². The van der Waals surface area contributed by atoms with E-state index >= 15 is 0 Å². The van der Waals surface area contributed by atoms with Crippen LogP contribution in [0.15, 0.2) is 35.0 Å². The molecule has 1 heterocycles. The van der Waals surface area contributed by atoms with E-state index in [9.17, 15) is 4.39 Å². The Morgan fingerprint density at radius 2 is 2.16 bits per heavy atom. The molecular formula is C15H15ClFNS. The Labute approximate surface area is 121 Å². The Bertz CT molecular complexity index is 551. The van der Waals surface area contributed by atoms with Gasteiger partial charge in [0.05, 0.1) is 5.69 Å². The molecule has 0 N–H and O–H groups in total. The van der Waals surface area contributed by atoms with E-state index in [4.69, 9.17) is 11.6 Å². The molecule has 100 valence electrons. The molecule has 1 aromatic carbocycles. The number of para-hydroxylation sites is 1. The van der Waals surface area contributed by atoms with Crippen LogP contribution >= 0.6 is 22.9 Å². The predicted octanol–water partition coefficient (Wildman–Crippen LogP) is 4.80. The first-order chi connectivity index (χ1) is 9.29. The zero-order valence-electron chi connectivity index (χ0n) is 10.5. The SMILES string of the molecule is Fc1cccc(CCl)c1N(Cc1ccsc1)C1CC1. The van der Waals surface area contributed by atoms with Gasteiger partial charge in [-0.1, -0.05) is 12.1 Å². The first-order valence-electron chi connectivity index (χ1n) is 6.40. The first-order valence-corrected chi connectivity index (χ1v) is 7.88. The fraction of sp³-hybridized carbons (Fsp3) is 0.333. The van der Waals surface area contributed by atoms with Gasteiger partial charge in [-0.2, -0.15) is 11.3 Å². The number of benzene rings is 1. The summed E-state index contributed by atoms with van der Waals surface area (Å²) in [6.45, 7) is 0.763. The fourth-order valence-corrected chi connectivity index (χ4v) is 3.22. The van der Waals surface area contributed by atoms with E-state index in [1.807, 2.05) is 6.07 Å². The van der Waals surface area contributed by atoms with Gasteiger partial charge in [0.1, 0.15) is 5.82 Å². The molecular weight excluding hydrogens is 281 g/mol. The monoisotopic (exact) mass is 295 g/mol. The molecule has 0 spiro atoms. The maximum Gasteiger partial charge on any atom is 0.146 e. The smallest absolute Gasteiger partial charge is 0.146 e. The van der Waals surface area contributed by atoms with Gasteiger partial charge in [-0.05, 0) is 46.9 Å². The zero-order valence-corrected chi connectivity index (χ0v) is 12.1. The largest absolute Gasteiger partial charge is 0.362 e. The quantitative estimate of drug-likeness (QED) is 0.717. The van der Waals surface area contributed by atoms with Crippen LogP contribution in [-0.4, -0.2) is 6.04 Å². The standard InChI is InChI=1S/C15H15ClFNS/c16-8-12-2-1-3-14(17)15(12)18(13-4-5-13)9-11-6-7-19-10-11/h1-3,6-7,10,13H,4-5,8-9H2. The van der Waals surface area contributed by atoms with Crippen molar-refractivity contribution in [1.82, 2.24) is 0 Å². The summed E-state index contributed by atoms with van der Waals surface area (Å²) in [7, 11) is 0. The summed E-state index contributed by atoms with van der Waals surface area (Å²) in [5, 5.41) is 4.18. The van der Waals surface area contributed by atoms with E-state index in [2.05, 4.69) is 21.7 Å². The molecule has 0 atom stereocenters. The highest BCUT2D eigenvalue weighted by atomic mass is 35.5. The molecule has 0 unspecified atom stereocenters. The molecule has 1 nitrogen and oxygen atoms in total. The molecule has 1 fully saturated rings. The molecule has 1 aliphatic carbocycles. The molecule has 0 radical (unpaired) electrons. The van der Waals surface area contributed by atoms with Crippen molar-refractivity contribution >= 4 is 28.6 Å². The highest BCUT2D eigenvalue weighted by Gasteiger charge is 2.32. The second-order valence-corrected chi connectivity index (χ2v) is 5.92. The summed E-state index contributed by atoms with van der Waals surface area (Å²) >= 11 is 7.64. The Kier molecular flexibility index (Phi) is 3.76. The third kappa shape index (κ3) is 2.77. The Morgan fingerprint density at radius 3 is 2.79 bits per heavy atom. The van der Waals surface area contributed by atoms with Crippen LogP contribution in [0.1, 0.15) is 24.0 Å². The van der Waals surface area contributed by atoms with Gasteiger partial charge in [-0.15, -0.1) is 11.6 Å². The lowest BCUT2D eigenvalue weighted by Crippen LogP contribution is -2.26. The maximum atomic E-state index is 14.2. The van der Waals surface area contributed by atoms with Gasteiger partial charge in [0.25, 0.3) is 0 Å². The van der Waals surface area contributed by atoms with Crippen LogP contribution in [0.25, 0.3) is 0 Å². The minimum Gasteiger partial charge on any atom is -0.362 e. The Morgan fingerprint density at radius 1 is 1.32 bits per heavy atom. The van der Waals surface area contributed by atoms with E-state index < -0.39 is 0 Å². The third-order valence-electron chi connectivity index (χ3n) is 3.42. The van der Waals surface area contributed by atoms with Crippen molar-refractivity contribution in [2.24, 2.45) is 0 Å². The lowest BCUT2D eigenvalue weighted by atomic mass is 10.1. The zero-order chi connectivity index (χ0) is 13.2. The van der Waals surface area contributed by atoms with Gasteiger partial charge in [0.15, 0.2) is 0 Å². The number of rotatable bonds is 5. The van der Waals surface area contributed by atoms with Gasteiger partial charge in [-0.25, -0.2) is 4.39 Å². The Balaban J connectivity index is 1.96. The van der Waals surface area contributed by atoms with Crippen LogP contribution in [-0.2, 0) is 12.4 Å². The van der Waals surface area contributed by atoms with E-state index in [1.54, 1.807) is 17.4 Å². The van der Waals surface area contributed by atoms with Crippen LogP contribution < -0.4 is 4.90 Å². The number of nitrogens with zero attached hydrogens (tertiary/aromatic N) is 1. The number of thiophene rings is 1. The van der Waals surface area contributed by atoms with Crippen molar-refractivity contribution < 1.29 is 4.39 Å². The van der Waals surface area contributed by atoms with Crippen LogP contribution in [0.3, 0.4) is 0 Å². The second-order valence-electron chi connectivity index (χ2n) is 4.87. The average Bonchev–Trinajstić information content (AvgIpc) is 3.14. The molecule has 19 heavy (non-hydrogen) atoms. The number of hydrogen-bond acceptors (Lipinski definition) is 2. The number of hydrogen-bond donors (Lipinski definition) is 0. The van der Waals surface area contributed by atoms with Gasteiger partial charge >= 0.3 is 0 Å². The molecule has 0 saturated heterocycles. The fourth-order valence-electron chi connectivity index (χ4n) is 2.35. The molecule has 0 amide bonds. The Hall–Kier alpha value is -1.06. The summed E-state index contributed by atoms with van der Waals surface area (Å²) < 4.78 is 14.2. The molecule has 4 heteroatoms. The molecule has 2 aromatic rings. The van der Waals surface area contributed by atoms with Gasteiger partial charge in [-0.3, -0.25) is 0 Å². The topological polar surface area (TPSA) is 3.24 Å². The lowest BCUT2D eigenvalue weighted by Gasteiger charge is -2.27. The minimum absolute atomic E-state index is 0.166. The number of anilines is 1. The number of halogens is 2. The van der Waals surface area contributed by atoms with Crippen molar-refractivity contribution in [2.45, 2.75) is 31.3 Å². The second kappa shape index (κ2) is 5.51. The summed E-state index contributed by atoms with van der Waals surface area (Å²) in [5.41, 5.74) is 2.80. The van der Waals surface area contributed by atoms with E-state index in [1.165, 1.54) is 11.6 Å². The van der Waals surface area contributed by atoms with E-state index in [-0.39, 0.29) is 5.82 Å². The molecule has 3 rings (SSSR count). The molecule has 0 aliphatic heterocycles. The molecule has 1 saturated carbocycles.